The second kappa shape index (κ2) is 10.1. The summed E-state index contributed by atoms with van der Waals surface area (Å²) in [5, 5.41) is 5.56. The molecule has 0 saturated carbocycles. The van der Waals surface area contributed by atoms with Crippen LogP contribution in [0.25, 0.3) is 0 Å². The van der Waals surface area contributed by atoms with Gasteiger partial charge in [-0.1, -0.05) is 11.6 Å². The van der Waals surface area contributed by atoms with Gasteiger partial charge in [-0.05, 0) is 42.7 Å². The van der Waals surface area contributed by atoms with Crippen LogP contribution in [-0.2, 0) is 14.3 Å². The minimum Gasteiger partial charge on any atom is -0.467 e. The van der Waals surface area contributed by atoms with E-state index in [0.29, 0.717) is 22.8 Å². The average Bonchev–Trinajstić information content (AvgIpc) is 2.56. The molecule has 126 valence electrons. The SMILES string of the molecule is COC(=O)[C@@H](CCSC)NC(=O)CNC(=O)c1ccc(Cl)cc1. The molecule has 0 saturated heterocycles. The number of hydrogen-bond acceptors (Lipinski definition) is 5. The van der Waals surface area contributed by atoms with Gasteiger partial charge in [0.2, 0.25) is 5.91 Å². The summed E-state index contributed by atoms with van der Waals surface area (Å²) in [7, 11) is 1.27. The van der Waals surface area contributed by atoms with Crippen molar-refractivity contribution in [1.29, 1.82) is 0 Å². The molecule has 1 atom stereocenters. The van der Waals surface area contributed by atoms with Gasteiger partial charge < -0.3 is 15.4 Å². The molecule has 8 heteroatoms. The molecule has 6 nitrogen and oxygen atoms in total. The molecule has 0 aromatic heterocycles. The number of halogens is 1. The first kappa shape index (κ1) is 19.3. The van der Waals surface area contributed by atoms with E-state index in [1.807, 2.05) is 6.26 Å². The van der Waals surface area contributed by atoms with Crippen molar-refractivity contribution in [2.45, 2.75) is 12.5 Å². The van der Waals surface area contributed by atoms with Crippen molar-refractivity contribution < 1.29 is 19.1 Å². The number of benzene rings is 1. The molecule has 1 aromatic rings. The van der Waals surface area contributed by atoms with Crippen molar-refractivity contribution in [2.75, 3.05) is 25.7 Å². The molecular formula is C15H19ClN2O4S. The van der Waals surface area contributed by atoms with Crippen molar-refractivity contribution >= 4 is 41.1 Å². The summed E-state index contributed by atoms with van der Waals surface area (Å²) in [6.07, 6.45) is 2.37. The number of thioether (sulfide) groups is 1. The second-order valence-electron chi connectivity index (χ2n) is 4.61. The van der Waals surface area contributed by atoms with E-state index in [9.17, 15) is 14.4 Å². The summed E-state index contributed by atoms with van der Waals surface area (Å²) in [4.78, 5) is 35.3. The van der Waals surface area contributed by atoms with Crippen molar-refractivity contribution in [2.24, 2.45) is 0 Å². The van der Waals surface area contributed by atoms with E-state index in [4.69, 9.17) is 11.6 Å². The Balaban J connectivity index is 2.49. The van der Waals surface area contributed by atoms with E-state index < -0.39 is 23.8 Å². The van der Waals surface area contributed by atoms with Gasteiger partial charge in [0.1, 0.15) is 6.04 Å². The smallest absolute Gasteiger partial charge is 0.328 e. The molecule has 2 amide bonds. The minimum absolute atomic E-state index is 0.228. The third-order valence-electron chi connectivity index (χ3n) is 2.95. The van der Waals surface area contributed by atoms with E-state index in [2.05, 4.69) is 15.4 Å². The lowest BCUT2D eigenvalue weighted by atomic mass is 10.2. The lowest BCUT2D eigenvalue weighted by Crippen LogP contribution is -2.46. The van der Waals surface area contributed by atoms with Crippen LogP contribution >= 0.6 is 23.4 Å². The zero-order valence-electron chi connectivity index (χ0n) is 12.9. The minimum atomic E-state index is -0.715. The van der Waals surface area contributed by atoms with Crippen molar-refractivity contribution in [3.8, 4) is 0 Å². The van der Waals surface area contributed by atoms with Crippen LogP contribution in [0.5, 0.6) is 0 Å². The predicted molar refractivity (Wildman–Crippen MR) is 90.7 cm³/mol. The Morgan fingerprint density at radius 1 is 1.26 bits per heavy atom. The average molecular weight is 359 g/mol. The van der Waals surface area contributed by atoms with Crippen LogP contribution in [0.2, 0.25) is 5.02 Å². The molecule has 0 aliphatic carbocycles. The number of amides is 2. The van der Waals surface area contributed by atoms with Gasteiger partial charge in [-0.15, -0.1) is 0 Å². The fraction of sp³-hybridized carbons (Fsp3) is 0.400. The maximum absolute atomic E-state index is 11.9. The van der Waals surface area contributed by atoms with Crippen LogP contribution in [0.3, 0.4) is 0 Å². The van der Waals surface area contributed by atoms with E-state index in [-0.39, 0.29) is 6.54 Å². The van der Waals surface area contributed by atoms with Gasteiger partial charge in [0.15, 0.2) is 0 Å². The molecule has 0 aliphatic rings. The maximum atomic E-state index is 11.9. The highest BCUT2D eigenvalue weighted by atomic mass is 35.5. The quantitative estimate of drug-likeness (QED) is 0.688. The van der Waals surface area contributed by atoms with Crippen LogP contribution in [-0.4, -0.2) is 49.5 Å². The lowest BCUT2D eigenvalue weighted by Gasteiger charge is -2.16. The van der Waals surface area contributed by atoms with Crippen LogP contribution < -0.4 is 10.6 Å². The zero-order chi connectivity index (χ0) is 17.2. The van der Waals surface area contributed by atoms with Gasteiger partial charge in [0.05, 0.1) is 13.7 Å². The van der Waals surface area contributed by atoms with Gasteiger partial charge >= 0.3 is 5.97 Å². The predicted octanol–water partition coefficient (Wildman–Crippen LogP) is 1.48. The van der Waals surface area contributed by atoms with E-state index in [0.717, 1.165) is 0 Å². The Labute approximate surface area is 144 Å². The highest BCUT2D eigenvalue weighted by Gasteiger charge is 2.21. The number of rotatable bonds is 8. The molecule has 23 heavy (non-hydrogen) atoms. The number of ether oxygens (including phenoxy) is 1. The normalized spacial score (nSPS) is 11.4. The van der Waals surface area contributed by atoms with Gasteiger partial charge in [-0.2, -0.15) is 11.8 Å². The molecule has 0 unspecified atom stereocenters. The number of methoxy groups -OCH3 is 1. The summed E-state index contributed by atoms with van der Waals surface area (Å²) in [6, 6.07) is 5.59. The molecule has 1 aromatic carbocycles. The highest BCUT2D eigenvalue weighted by molar-refractivity contribution is 7.98. The van der Waals surface area contributed by atoms with Gasteiger partial charge in [0.25, 0.3) is 5.91 Å². The number of carbonyl (C=O) groups excluding carboxylic acids is 3. The molecule has 0 radical (unpaired) electrons. The Kier molecular flexibility index (Phi) is 8.50. The molecule has 0 spiro atoms. The Hall–Kier alpha value is -1.73. The molecular weight excluding hydrogens is 340 g/mol. The molecule has 0 heterocycles. The summed E-state index contributed by atoms with van der Waals surface area (Å²) < 4.78 is 4.65. The summed E-state index contributed by atoms with van der Waals surface area (Å²) >= 11 is 7.31. The van der Waals surface area contributed by atoms with Crippen molar-refractivity contribution in [3.63, 3.8) is 0 Å². The first-order valence-corrected chi connectivity index (χ1v) is 8.65. The lowest BCUT2D eigenvalue weighted by molar-refractivity contribution is -0.145. The number of esters is 1. The van der Waals surface area contributed by atoms with E-state index >= 15 is 0 Å². The molecule has 0 aliphatic heterocycles. The Morgan fingerprint density at radius 3 is 2.48 bits per heavy atom. The summed E-state index contributed by atoms with van der Waals surface area (Å²) in [6.45, 7) is -0.228. The third-order valence-corrected chi connectivity index (χ3v) is 3.84. The molecule has 0 bridgehead atoms. The largest absolute Gasteiger partial charge is 0.467 e. The fourth-order valence-corrected chi connectivity index (χ4v) is 2.33. The van der Waals surface area contributed by atoms with Crippen LogP contribution in [0.1, 0.15) is 16.8 Å². The second-order valence-corrected chi connectivity index (χ2v) is 6.04. The van der Waals surface area contributed by atoms with Crippen LogP contribution in [0, 0.1) is 0 Å². The monoisotopic (exact) mass is 358 g/mol. The Morgan fingerprint density at radius 2 is 1.91 bits per heavy atom. The van der Waals surface area contributed by atoms with Gasteiger partial charge in [-0.25, -0.2) is 4.79 Å². The fourth-order valence-electron chi connectivity index (χ4n) is 1.74. The topological polar surface area (TPSA) is 84.5 Å². The first-order chi connectivity index (χ1) is 11.0. The molecule has 0 fully saturated rings. The number of carbonyl (C=O) groups is 3. The van der Waals surface area contributed by atoms with Gasteiger partial charge in [-0.3, -0.25) is 9.59 Å². The summed E-state index contributed by atoms with van der Waals surface area (Å²) in [5.41, 5.74) is 0.397. The summed E-state index contributed by atoms with van der Waals surface area (Å²) in [5.74, 6) is -0.646. The van der Waals surface area contributed by atoms with Crippen molar-refractivity contribution in [3.05, 3.63) is 34.9 Å². The Bertz CT molecular complexity index is 551. The van der Waals surface area contributed by atoms with Gasteiger partial charge in [0, 0.05) is 10.6 Å². The van der Waals surface area contributed by atoms with Crippen molar-refractivity contribution in [1.82, 2.24) is 10.6 Å². The molecule has 2 N–H and O–H groups in total. The maximum Gasteiger partial charge on any atom is 0.328 e. The van der Waals surface area contributed by atoms with Crippen LogP contribution in [0.4, 0.5) is 0 Å². The third kappa shape index (κ3) is 6.92. The van der Waals surface area contributed by atoms with E-state index in [1.54, 1.807) is 36.0 Å². The zero-order valence-corrected chi connectivity index (χ0v) is 14.5. The highest BCUT2D eigenvalue weighted by Crippen LogP contribution is 2.09. The number of hydrogen-bond donors (Lipinski definition) is 2. The number of nitrogens with one attached hydrogen (secondary N) is 2. The van der Waals surface area contributed by atoms with E-state index in [1.165, 1.54) is 7.11 Å². The molecule has 1 rings (SSSR count). The van der Waals surface area contributed by atoms with Crippen LogP contribution in [0.15, 0.2) is 24.3 Å². The standard InChI is InChI=1S/C15H19ClN2O4S/c1-22-15(21)12(7-8-23-2)18-13(19)9-17-14(20)10-3-5-11(16)6-4-10/h3-6,12H,7-9H2,1-2H3,(H,17,20)(H,18,19)/t12-/m1/s1. The first-order valence-electron chi connectivity index (χ1n) is 6.87.